The van der Waals surface area contributed by atoms with Crippen molar-refractivity contribution in [2.75, 3.05) is 13.7 Å². The van der Waals surface area contributed by atoms with Crippen LogP contribution in [-0.4, -0.2) is 33.2 Å². The minimum Gasteiger partial charge on any atom is -0.495 e. The molecule has 0 saturated carbocycles. The number of nitrogens with one attached hydrogen (secondary N) is 1. The first kappa shape index (κ1) is 21.7. The molecule has 7 heteroatoms. The molecule has 1 N–H and O–H groups in total. The third-order valence-electron chi connectivity index (χ3n) is 5.83. The maximum absolute atomic E-state index is 6.34. The number of nitrogens with zero attached hydrogens (tertiary/aromatic N) is 3. The van der Waals surface area contributed by atoms with E-state index in [1.807, 2.05) is 36.5 Å². The van der Waals surface area contributed by atoms with Crippen LogP contribution >= 0.6 is 23.8 Å². The molecule has 3 heterocycles. The van der Waals surface area contributed by atoms with Crippen molar-refractivity contribution in [3.63, 3.8) is 0 Å². The van der Waals surface area contributed by atoms with E-state index in [2.05, 4.69) is 52.7 Å². The maximum atomic E-state index is 6.34. The van der Waals surface area contributed by atoms with Crippen molar-refractivity contribution in [1.29, 1.82) is 0 Å². The number of thiocarbonyl (C=S) groups is 1. The number of hydrogen-bond donors (Lipinski definition) is 1. The minimum absolute atomic E-state index is 0.0181. The van der Waals surface area contributed by atoms with Crippen LogP contribution in [0.5, 0.6) is 5.75 Å². The number of halogens is 1. The lowest BCUT2D eigenvalue weighted by molar-refractivity contribution is 0.316. The number of benzene rings is 1. The summed E-state index contributed by atoms with van der Waals surface area (Å²) in [5.74, 6) is 0.782. The molecule has 0 amide bonds. The number of rotatable bonds is 6. The zero-order chi connectivity index (χ0) is 22.1. The van der Waals surface area contributed by atoms with Crippen LogP contribution in [0, 0.1) is 13.8 Å². The molecule has 0 unspecified atom stereocenters. The van der Waals surface area contributed by atoms with E-state index in [4.69, 9.17) is 28.6 Å². The van der Waals surface area contributed by atoms with Crippen LogP contribution in [0.4, 0.5) is 0 Å². The van der Waals surface area contributed by atoms with Crippen LogP contribution in [0.15, 0.2) is 48.7 Å². The molecule has 0 bridgehead atoms. The van der Waals surface area contributed by atoms with Crippen LogP contribution < -0.4 is 10.1 Å². The molecule has 0 aliphatic carbocycles. The summed E-state index contributed by atoms with van der Waals surface area (Å²) in [5, 5.41) is 4.97. The van der Waals surface area contributed by atoms with Gasteiger partial charge in [0.15, 0.2) is 5.11 Å². The number of pyridine rings is 1. The SMILES string of the molecule is CCCN1C(=S)N[C@@H](c2ccccn2)[C@@H]1c1cc(C)n(-c2cc(Cl)ccc2OC)c1C. The second kappa shape index (κ2) is 8.89. The summed E-state index contributed by atoms with van der Waals surface area (Å²) < 4.78 is 7.84. The van der Waals surface area contributed by atoms with E-state index in [1.165, 1.54) is 5.56 Å². The maximum Gasteiger partial charge on any atom is 0.170 e. The molecule has 0 spiro atoms. The highest BCUT2D eigenvalue weighted by Gasteiger charge is 2.41. The summed E-state index contributed by atoms with van der Waals surface area (Å²) in [5.41, 5.74) is 5.38. The van der Waals surface area contributed by atoms with Crippen molar-refractivity contribution in [1.82, 2.24) is 19.8 Å². The number of aryl methyl sites for hydroxylation is 1. The fourth-order valence-electron chi connectivity index (χ4n) is 4.52. The Morgan fingerprint density at radius 3 is 2.68 bits per heavy atom. The molecule has 0 radical (unpaired) electrons. The van der Waals surface area contributed by atoms with Gasteiger partial charge in [0.1, 0.15) is 5.75 Å². The van der Waals surface area contributed by atoms with Gasteiger partial charge in [-0.15, -0.1) is 0 Å². The monoisotopic (exact) mass is 454 g/mol. The largest absolute Gasteiger partial charge is 0.495 e. The van der Waals surface area contributed by atoms with Gasteiger partial charge in [-0.3, -0.25) is 4.98 Å². The molecular weight excluding hydrogens is 428 g/mol. The Kier molecular flexibility index (Phi) is 6.21. The molecule has 2 aromatic heterocycles. The van der Waals surface area contributed by atoms with Gasteiger partial charge < -0.3 is 19.5 Å². The number of methoxy groups -OCH3 is 1. The highest BCUT2D eigenvalue weighted by molar-refractivity contribution is 7.80. The van der Waals surface area contributed by atoms with Crippen LogP contribution in [0.3, 0.4) is 0 Å². The molecule has 1 saturated heterocycles. The summed E-state index contributed by atoms with van der Waals surface area (Å²) >= 11 is 12.1. The first-order valence-electron chi connectivity index (χ1n) is 10.5. The van der Waals surface area contributed by atoms with E-state index in [1.54, 1.807) is 7.11 Å². The zero-order valence-corrected chi connectivity index (χ0v) is 19.8. The standard InChI is InChI=1S/C24H27ClN4OS/c1-5-12-28-23(22(27-24(28)31)19-8-6-7-11-26-19)18-13-15(2)29(16(18)3)20-14-17(25)9-10-21(20)30-4/h6-11,13-14,22-23H,5,12H2,1-4H3,(H,27,31)/t22-,23-/m0/s1. The number of aromatic nitrogens is 2. The topological polar surface area (TPSA) is 42.3 Å². The van der Waals surface area contributed by atoms with Crippen molar-refractivity contribution >= 4 is 28.9 Å². The lowest BCUT2D eigenvalue weighted by Gasteiger charge is -2.28. The molecule has 1 aliphatic heterocycles. The number of hydrogen-bond acceptors (Lipinski definition) is 3. The minimum atomic E-state index is -0.0181. The summed E-state index contributed by atoms with van der Waals surface area (Å²) in [6.07, 6.45) is 2.84. The van der Waals surface area contributed by atoms with Crippen LogP contribution in [0.2, 0.25) is 5.02 Å². The van der Waals surface area contributed by atoms with Gasteiger partial charge >= 0.3 is 0 Å². The lowest BCUT2D eigenvalue weighted by atomic mass is 9.96. The van der Waals surface area contributed by atoms with Gasteiger partial charge in [0.05, 0.1) is 30.6 Å². The molecule has 1 aromatic carbocycles. The molecule has 5 nitrogen and oxygen atoms in total. The van der Waals surface area contributed by atoms with Gasteiger partial charge in [-0.05, 0) is 74.4 Å². The van der Waals surface area contributed by atoms with E-state index in [0.29, 0.717) is 5.02 Å². The predicted molar refractivity (Wildman–Crippen MR) is 129 cm³/mol. The molecule has 3 aromatic rings. The van der Waals surface area contributed by atoms with Crippen LogP contribution in [0.25, 0.3) is 5.69 Å². The molecule has 1 fully saturated rings. The van der Waals surface area contributed by atoms with Gasteiger partial charge in [0.2, 0.25) is 0 Å². The van der Waals surface area contributed by atoms with E-state index in [-0.39, 0.29) is 12.1 Å². The average molecular weight is 455 g/mol. The quantitative estimate of drug-likeness (QED) is 0.496. The van der Waals surface area contributed by atoms with Crippen LogP contribution in [0.1, 0.15) is 48.1 Å². The van der Waals surface area contributed by atoms with Crippen molar-refractivity contribution < 1.29 is 4.74 Å². The summed E-state index contributed by atoms with van der Waals surface area (Å²) in [4.78, 5) is 6.92. The smallest absolute Gasteiger partial charge is 0.170 e. The van der Waals surface area contributed by atoms with Gasteiger partial charge in [-0.25, -0.2) is 0 Å². The Balaban J connectivity index is 1.87. The van der Waals surface area contributed by atoms with Crippen LogP contribution in [-0.2, 0) is 0 Å². The Labute approximate surface area is 194 Å². The van der Waals surface area contributed by atoms with Gasteiger partial charge in [0.25, 0.3) is 0 Å². The Bertz CT molecular complexity index is 1100. The van der Waals surface area contributed by atoms with Crippen molar-refractivity contribution in [2.45, 2.75) is 39.3 Å². The van der Waals surface area contributed by atoms with Gasteiger partial charge in [-0.1, -0.05) is 24.6 Å². The third kappa shape index (κ3) is 3.90. The third-order valence-corrected chi connectivity index (χ3v) is 6.42. The molecule has 2 atom stereocenters. The fraction of sp³-hybridized carbons (Fsp3) is 0.333. The van der Waals surface area contributed by atoms with E-state index >= 15 is 0 Å². The molecular formula is C24H27ClN4OS. The predicted octanol–water partition coefficient (Wildman–Crippen LogP) is 5.53. The van der Waals surface area contributed by atoms with E-state index in [9.17, 15) is 0 Å². The zero-order valence-electron chi connectivity index (χ0n) is 18.2. The lowest BCUT2D eigenvalue weighted by Crippen LogP contribution is -2.30. The Morgan fingerprint density at radius 1 is 1.19 bits per heavy atom. The average Bonchev–Trinajstić information content (AvgIpc) is 3.24. The van der Waals surface area contributed by atoms with E-state index in [0.717, 1.165) is 46.6 Å². The first-order chi connectivity index (χ1) is 15.0. The molecule has 31 heavy (non-hydrogen) atoms. The highest BCUT2D eigenvalue weighted by Crippen LogP contribution is 2.42. The van der Waals surface area contributed by atoms with Gasteiger partial charge in [0, 0.05) is 29.2 Å². The fourth-order valence-corrected chi connectivity index (χ4v) is 5.02. The summed E-state index contributed by atoms with van der Waals surface area (Å²) in [6.45, 7) is 7.30. The Hall–Kier alpha value is -2.57. The Morgan fingerprint density at radius 2 is 2.00 bits per heavy atom. The normalized spacial score (nSPS) is 18.4. The van der Waals surface area contributed by atoms with Crippen molar-refractivity contribution in [3.05, 3.63) is 76.3 Å². The second-order valence-corrected chi connectivity index (χ2v) is 8.62. The summed E-state index contributed by atoms with van der Waals surface area (Å²) in [7, 11) is 1.68. The first-order valence-corrected chi connectivity index (χ1v) is 11.3. The van der Waals surface area contributed by atoms with Gasteiger partial charge in [-0.2, -0.15) is 0 Å². The van der Waals surface area contributed by atoms with Crippen molar-refractivity contribution in [2.24, 2.45) is 0 Å². The highest BCUT2D eigenvalue weighted by atomic mass is 35.5. The molecule has 4 rings (SSSR count). The number of ether oxygens (including phenoxy) is 1. The molecule has 162 valence electrons. The van der Waals surface area contributed by atoms with E-state index < -0.39 is 0 Å². The van der Waals surface area contributed by atoms with Crippen molar-refractivity contribution in [3.8, 4) is 11.4 Å². The molecule has 1 aliphatic rings. The second-order valence-electron chi connectivity index (χ2n) is 7.80. The summed E-state index contributed by atoms with van der Waals surface area (Å²) in [6, 6.07) is 14.0.